The zero-order valence-corrected chi connectivity index (χ0v) is 7.81. The number of rotatable bonds is 2. The lowest BCUT2D eigenvalue weighted by atomic mass is 10.0. The monoisotopic (exact) mass is 191 g/mol. The maximum atomic E-state index is 11.0. The summed E-state index contributed by atoms with van der Waals surface area (Å²) < 4.78 is 0. The summed E-state index contributed by atoms with van der Waals surface area (Å²) in [5, 5.41) is 12.7. The minimum absolute atomic E-state index is 0.0324. The molecule has 0 unspecified atom stereocenters. The number of benzene rings is 1. The van der Waals surface area contributed by atoms with E-state index < -0.39 is 6.10 Å². The van der Waals surface area contributed by atoms with Crippen LogP contribution in [0.3, 0.4) is 0 Å². The maximum Gasteiger partial charge on any atom is 0.220 e. The van der Waals surface area contributed by atoms with Gasteiger partial charge in [0.1, 0.15) is 0 Å². The Kier molecular flexibility index (Phi) is 2.50. The van der Waals surface area contributed by atoms with Gasteiger partial charge in [-0.1, -0.05) is 30.3 Å². The van der Waals surface area contributed by atoms with Gasteiger partial charge in [0.25, 0.3) is 0 Å². The van der Waals surface area contributed by atoms with Crippen molar-refractivity contribution in [1.82, 2.24) is 5.32 Å². The summed E-state index contributed by atoms with van der Waals surface area (Å²) in [5.41, 5.74) is 0.861. The zero-order chi connectivity index (χ0) is 9.97. The fraction of sp³-hybridized carbons (Fsp3) is 0.364. The average molecular weight is 191 g/mol. The minimum Gasteiger partial charge on any atom is -0.386 e. The molecule has 1 aliphatic rings. The Morgan fingerprint density at radius 1 is 1.36 bits per heavy atom. The molecular formula is C11H13NO2. The molecule has 14 heavy (non-hydrogen) atoms. The molecule has 0 radical (unpaired) electrons. The molecule has 2 N–H and O–H groups in total. The third-order valence-electron chi connectivity index (χ3n) is 2.55. The summed E-state index contributed by atoms with van der Waals surface area (Å²) in [7, 11) is 0. The van der Waals surface area contributed by atoms with Crippen LogP contribution in [-0.4, -0.2) is 17.1 Å². The van der Waals surface area contributed by atoms with Crippen molar-refractivity contribution in [2.75, 3.05) is 0 Å². The van der Waals surface area contributed by atoms with Crippen LogP contribution in [0.5, 0.6) is 0 Å². The maximum absolute atomic E-state index is 11.0. The molecule has 1 fully saturated rings. The molecule has 1 aromatic carbocycles. The van der Waals surface area contributed by atoms with Crippen LogP contribution in [-0.2, 0) is 4.79 Å². The van der Waals surface area contributed by atoms with E-state index in [1.807, 2.05) is 30.3 Å². The Morgan fingerprint density at radius 3 is 2.64 bits per heavy atom. The van der Waals surface area contributed by atoms with Crippen LogP contribution >= 0.6 is 0 Å². The van der Waals surface area contributed by atoms with Crippen molar-refractivity contribution in [3.63, 3.8) is 0 Å². The van der Waals surface area contributed by atoms with Crippen molar-refractivity contribution < 1.29 is 9.90 Å². The molecule has 0 bridgehead atoms. The van der Waals surface area contributed by atoms with E-state index >= 15 is 0 Å². The van der Waals surface area contributed by atoms with Gasteiger partial charge in [0.05, 0.1) is 12.1 Å². The van der Waals surface area contributed by atoms with E-state index in [9.17, 15) is 9.90 Å². The number of carbonyl (C=O) groups excluding carboxylic acids is 1. The van der Waals surface area contributed by atoms with Crippen LogP contribution < -0.4 is 5.32 Å². The first-order valence-electron chi connectivity index (χ1n) is 4.80. The smallest absolute Gasteiger partial charge is 0.220 e. The molecule has 1 saturated heterocycles. The standard InChI is InChI=1S/C11H13NO2/c13-10-7-6-9(12-10)11(14)8-4-2-1-3-5-8/h1-5,9,11,14H,6-7H2,(H,12,13)/t9-,11-/m1/s1. The molecule has 0 spiro atoms. The van der Waals surface area contributed by atoms with Gasteiger partial charge in [-0.05, 0) is 12.0 Å². The lowest BCUT2D eigenvalue weighted by molar-refractivity contribution is -0.119. The number of aliphatic hydroxyl groups excluding tert-OH is 1. The van der Waals surface area contributed by atoms with Crippen molar-refractivity contribution in [2.45, 2.75) is 25.0 Å². The van der Waals surface area contributed by atoms with Crippen molar-refractivity contribution in [3.8, 4) is 0 Å². The fourth-order valence-electron chi connectivity index (χ4n) is 1.76. The van der Waals surface area contributed by atoms with E-state index in [4.69, 9.17) is 0 Å². The molecule has 1 aromatic rings. The molecule has 0 aliphatic carbocycles. The topological polar surface area (TPSA) is 49.3 Å². The SMILES string of the molecule is O=C1CC[C@H]([C@H](O)c2ccccc2)N1. The number of hydrogen-bond donors (Lipinski definition) is 2. The number of nitrogens with one attached hydrogen (secondary N) is 1. The van der Waals surface area contributed by atoms with Crippen LogP contribution in [0.2, 0.25) is 0 Å². The molecule has 1 amide bonds. The highest BCUT2D eigenvalue weighted by Crippen LogP contribution is 2.22. The Morgan fingerprint density at radius 2 is 2.07 bits per heavy atom. The van der Waals surface area contributed by atoms with Crippen molar-refractivity contribution in [3.05, 3.63) is 35.9 Å². The molecule has 0 aromatic heterocycles. The molecule has 2 atom stereocenters. The second-order valence-corrected chi connectivity index (χ2v) is 3.57. The molecule has 3 heteroatoms. The van der Waals surface area contributed by atoms with Gasteiger partial charge in [0.15, 0.2) is 0 Å². The van der Waals surface area contributed by atoms with Crippen molar-refractivity contribution >= 4 is 5.91 Å². The van der Waals surface area contributed by atoms with Crippen LogP contribution in [0, 0.1) is 0 Å². The average Bonchev–Trinajstić information content (AvgIpc) is 2.65. The van der Waals surface area contributed by atoms with Gasteiger partial charge >= 0.3 is 0 Å². The summed E-state index contributed by atoms with van der Waals surface area (Å²) in [6, 6.07) is 9.29. The molecule has 74 valence electrons. The highest BCUT2D eigenvalue weighted by atomic mass is 16.3. The van der Waals surface area contributed by atoms with Crippen LogP contribution in [0.4, 0.5) is 0 Å². The molecule has 1 heterocycles. The number of amides is 1. The van der Waals surface area contributed by atoms with Gasteiger partial charge in [-0.3, -0.25) is 4.79 Å². The highest BCUT2D eigenvalue weighted by Gasteiger charge is 2.27. The van der Waals surface area contributed by atoms with Gasteiger partial charge < -0.3 is 10.4 Å². The van der Waals surface area contributed by atoms with Crippen LogP contribution in [0.25, 0.3) is 0 Å². The second kappa shape index (κ2) is 3.80. The van der Waals surface area contributed by atoms with Crippen molar-refractivity contribution in [2.24, 2.45) is 0 Å². The molecule has 2 rings (SSSR count). The Hall–Kier alpha value is -1.35. The largest absolute Gasteiger partial charge is 0.386 e. The van der Waals surface area contributed by atoms with E-state index in [1.165, 1.54) is 0 Å². The normalized spacial score (nSPS) is 23.2. The number of hydrogen-bond acceptors (Lipinski definition) is 2. The van der Waals surface area contributed by atoms with Gasteiger partial charge in [0.2, 0.25) is 5.91 Å². The number of aliphatic hydroxyl groups is 1. The van der Waals surface area contributed by atoms with Crippen LogP contribution in [0.15, 0.2) is 30.3 Å². The Balaban J connectivity index is 2.09. The third-order valence-corrected chi connectivity index (χ3v) is 2.55. The van der Waals surface area contributed by atoms with E-state index in [0.717, 1.165) is 12.0 Å². The van der Waals surface area contributed by atoms with Gasteiger partial charge in [-0.2, -0.15) is 0 Å². The van der Waals surface area contributed by atoms with E-state index in [-0.39, 0.29) is 11.9 Å². The second-order valence-electron chi connectivity index (χ2n) is 3.57. The molecule has 1 aliphatic heterocycles. The third kappa shape index (κ3) is 1.77. The summed E-state index contributed by atoms with van der Waals surface area (Å²) in [6.45, 7) is 0. The summed E-state index contributed by atoms with van der Waals surface area (Å²) in [5.74, 6) is 0.0324. The Labute approximate surface area is 82.8 Å². The molecular weight excluding hydrogens is 178 g/mol. The summed E-state index contributed by atoms with van der Waals surface area (Å²) >= 11 is 0. The lowest BCUT2D eigenvalue weighted by Gasteiger charge is -2.17. The predicted octanol–water partition coefficient (Wildman–Crippen LogP) is 0.999. The first-order chi connectivity index (χ1) is 6.77. The quantitative estimate of drug-likeness (QED) is 0.732. The van der Waals surface area contributed by atoms with E-state index in [0.29, 0.717) is 6.42 Å². The fourth-order valence-corrected chi connectivity index (χ4v) is 1.76. The van der Waals surface area contributed by atoms with Gasteiger partial charge in [-0.15, -0.1) is 0 Å². The van der Waals surface area contributed by atoms with E-state index in [2.05, 4.69) is 5.32 Å². The number of carbonyl (C=O) groups is 1. The first kappa shape index (κ1) is 9.21. The minimum atomic E-state index is -0.581. The van der Waals surface area contributed by atoms with Gasteiger partial charge in [-0.25, -0.2) is 0 Å². The summed E-state index contributed by atoms with van der Waals surface area (Å²) in [4.78, 5) is 11.0. The van der Waals surface area contributed by atoms with Crippen LogP contribution in [0.1, 0.15) is 24.5 Å². The molecule has 0 saturated carbocycles. The predicted molar refractivity (Wildman–Crippen MR) is 52.6 cm³/mol. The highest BCUT2D eigenvalue weighted by molar-refractivity contribution is 5.78. The molecule has 3 nitrogen and oxygen atoms in total. The lowest BCUT2D eigenvalue weighted by Crippen LogP contribution is -2.31. The first-order valence-corrected chi connectivity index (χ1v) is 4.80. The van der Waals surface area contributed by atoms with Crippen molar-refractivity contribution in [1.29, 1.82) is 0 Å². The van der Waals surface area contributed by atoms with Gasteiger partial charge in [0, 0.05) is 6.42 Å². The Bertz CT molecular complexity index is 323. The summed E-state index contributed by atoms with van der Waals surface area (Å²) in [6.07, 6.45) is 0.659. The zero-order valence-electron chi connectivity index (χ0n) is 7.81. The van der Waals surface area contributed by atoms with E-state index in [1.54, 1.807) is 0 Å².